The van der Waals surface area contributed by atoms with Crippen LogP contribution in [0.3, 0.4) is 0 Å². The van der Waals surface area contributed by atoms with E-state index in [0.717, 1.165) is 27.2 Å². The summed E-state index contributed by atoms with van der Waals surface area (Å²) in [5, 5.41) is 2.96. The van der Waals surface area contributed by atoms with Gasteiger partial charge in [0.25, 0.3) is 0 Å². The number of benzene rings is 1. The predicted octanol–water partition coefficient (Wildman–Crippen LogP) is 1.41. The molecule has 0 aliphatic heterocycles. The van der Waals surface area contributed by atoms with E-state index in [2.05, 4.69) is 10.6 Å². The third-order valence-electron chi connectivity index (χ3n) is 5.01. The topological polar surface area (TPSA) is 179 Å². The van der Waals surface area contributed by atoms with Crippen LogP contribution in [0.1, 0.15) is 45.6 Å². The number of amides is 3. The Balaban J connectivity index is 2.42. The van der Waals surface area contributed by atoms with E-state index in [1.54, 1.807) is 31.2 Å². The summed E-state index contributed by atoms with van der Waals surface area (Å²) < 4.78 is 5.14. The van der Waals surface area contributed by atoms with Crippen molar-refractivity contribution in [2.24, 2.45) is 5.73 Å². The minimum Gasteiger partial charge on any atom is -0.368 e. The van der Waals surface area contributed by atoms with Crippen LogP contribution in [0, 0.1) is 0 Å². The van der Waals surface area contributed by atoms with Gasteiger partial charge in [0.05, 0.1) is 0 Å². The van der Waals surface area contributed by atoms with Gasteiger partial charge in [-0.2, -0.15) is 0 Å². The Labute approximate surface area is 229 Å². The maximum absolute atomic E-state index is 12.4. The largest absolute Gasteiger partial charge is 0.368 e. The van der Waals surface area contributed by atoms with Crippen molar-refractivity contribution in [3.63, 3.8) is 0 Å². The molecule has 0 bridgehead atoms. The lowest BCUT2D eigenvalue weighted by atomic mass is 10.1. The van der Waals surface area contributed by atoms with Crippen molar-refractivity contribution in [3.8, 4) is 0 Å². The fraction of sp³-hybridized carbons (Fsp3) is 0.480. The van der Waals surface area contributed by atoms with Crippen molar-refractivity contribution < 1.29 is 38.3 Å². The van der Waals surface area contributed by atoms with Gasteiger partial charge in [-0.15, -0.1) is 0 Å². The van der Waals surface area contributed by atoms with Gasteiger partial charge in [-0.05, 0) is 38.0 Å². The molecule has 4 N–H and O–H groups in total. The van der Waals surface area contributed by atoms with Gasteiger partial charge in [-0.3, -0.25) is 33.6 Å². The number of ether oxygens (including phenoxy) is 1. The molecule has 1 rings (SSSR count). The number of nitrogens with one attached hydrogen (secondary N) is 2. The average Bonchev–Trinajstić information content (AvgIpc) is 2.85. The first-order chi connectivity index (χ1) is 17.9. The first-order valence-electron chi connectivity index (χ1n) is 11.8. The SMILES string of the molecule is CCC(=O)CCNC(=O)CCc1ccc(NC(=O)COCC(=O)C(SSC(C(C)=O)C(N)=O)C(C)=O)cc1. The molecule has 0 aromatic heterocycles. The van der Waals surface area contributed by atoms with Crippen LogP contribution in [-0.4, -0.2) is 71.1 Å². The number of aryl methyl sites for hydroxylation is 1. The van der Waals surface area contributed by atoms with Gasteiger partial charge in [0, 0.05) is 31.5 Å². The van der Waals surface area contributed by atoms with Gasteiger partial charge in [-0.1, -0.05) is 40.6 Å². The lowest BCUT2D eigenvalue weighted by molar-refractivity contribution is -0.130. The second kappa shape index (κ2) is 17.5. The molecule has 3 amide bonds. The number of primary amides is 1. The molecule has 0 aliphatic carbocycles. The van der Waals surface area contributed by atoms with Gasteiger partial charge in [-0.25, -0.2) is 0 Å². The monoisotopic (exact) mass is 567 g/mol. The first kappa shape index (κ1) is 33.0. The van der Waals surface area contributed by atoms with Crippen LogP contribution in [0.2, 0.25) is 0 Å². The molecule has 2 atom stereocenters. The van der Waals surface area contributed by atoms with E-state index in [9.17, 15) is 33.6 Å². The standard InChI is InChI=1S/C25H33N3O8S2/c1-4-19(31)11-12-27-21(33)10-7-17-5-8-18(9-6-17)28-22(34)14-36-13-20(32)23(15(2)29)37-38-24(16(3)30)25(26)35/h5-6,8-9,23-24H,4,7,10-14H2,1-3H3,(H2,26,35)(H,27,33)(H,28,34). The number of ketones is 4. The molecule has 11 nitrogen and oxygen atoms in total. The molecule has 2 unspecified atom stereocenters. The molecular formula is C25H33N3O8S2. The molecule has 0 fully saturated rings. The molecule has 0 saturated carbocycles. The predicted molar refractivity (Wildman–Crippen MR) is 145 cm³/mol. The summed E-state index contributed by atoms with van der Waals surface area (Å²) in [6.07, 6.45) is 1.53. The van der Waals surface area contributed by atoms with Crippen molar-refractivity contribution >= 4 is 68.1 Å². The van der Waals surface area contributed by atoms with Crippen LogP contribution in [-0.2, 0) is 44.7 Å². The van der Waals surface area contributed by atoms with Crippen LogP contribution >= 0.6 is 21.6 Å². The number of hydrogen-bond donors (Lipinski definition) is 3. The van der Waals surface area contributed by atoms with E-state index in [-0.39, 0.29) is 18.1 Å². The quantitative estimate of drug-likeness (QED) is 0.163. The van der Waals surface area contributed by atoms with E-state index < -0.39 is 52.9 Å². The van der Waals surface area contributed by atoms with Crippen molar-refractivity contribution in [1.82, 2.24) is 5.32 Å². The van der Waals surface area contributed by atoms with Crippen molar-refractivity contribution in [1.29, 1.82) is 0 Å². The summed E-state index contributed by atoms with van der Waals surface area (Å²) in [6, 6.07) is 6.86. The molecule has 13 heteroatoms. The zero-order valence-electron chi connectivity index (χ0n) is 21.6. The molecule has 208 valence electrons. The van der Waals surface area contributed by atoms with Crippen LogP contribution in [0.25, 0.3) is 0 Å². The molecule has 0 aliphatic rings. The number of carbonyl (C=O) groups excluding carboxylic acids is 7. The number of Topliss-reactive ketones (excluding diaryl/α,β-unsaturated/α-hetero) is 4. The number of hydrogen-bond acceptors (Lipinski definition) is 10. The Morgan fingerprint density at radius 2 is 1.47 bits per heavy atom. The van der Waals surface area contributed by atoms with Gasteiger partial charge in [0.1, 0.15) is 24.2 Å². The summed E-state index contributed by atoms with van der Waals surface area (Å²) in [5.74, 6) is -3.03. The summed E-state index contributed by atoms with van der Waals surface area (Å²) in [4.78, 5) is 82.3. The second-order valence-corrected chi connectivity index (χ2v) is 10.8. The van der Waals surface area contributed by atoms with Crippen LogP contribution in [0.4, 0.5) is 5.69 Å². The fourth-order valence-corrected chi connectivity index (χ4v) is 5.76. The second-order valence-electron chi connectivity index (χ2n) is 8.27. The Bertz CT molecular complexity index is 1020. The Hall–Kier alpha value is -3.03. The zero-order chi connectivity index (χ0) is 28.7. The highest BCUT2D eigenvalue weighted by Gasteiger charge is 2.29. The van der Waals surface area contributed by atoms with Crippen molar-refractivity contribution in [2.75, 3.05) is 25.1 Å². The Morgan fingerprint density at radius 3 is 2.03 bits per heavy atom. The third-order valence-corrected chi connectivity index (χ3v) is 8.16. The molecule has 0 heterocycles. The maximum atomic E-state index is 12.4. The fourth-order valence-electron chi connectivity index (χ4n) is 2.91. The number of rotatable bonds is 19. The lowest BCUT2D eigenvalue weighted by Gasteiger charge is -2.14. The van der Waals surface area contributed by atoms with E-state index in [4.69, 9.17) is 10.5 Å². The summed E-state index contributed by atoms with van der Waals surface area (Å²) in [5.41, 5.74) is 6.54. The Kier molecular flexibility index (Phi) is 15.2. The minimum absolute atomic E-state index is 0.0965. The van der Waals surface area contributed by atoms with E-state index in [1.165, 1.54) is 13.8 Å². The molecule has 1 aromatic rings. The molecular weight excluding hydrogens is 534 g/mol. The van der Waals surface area contributed by atoms with Gasteiger partial charge in [0.2, 0.25) is 17.7 Å². The third kappa shape index (κ3) is 13.0. The van der Waals surface area contributed by atoms with Gasteiger partial charge in [0.15, 0.2) is 22.6 Å². The van der Waals surface area contributed by atoms with Crippen molar-refractivity contribution in [2.45, 2.75) is 57.0 Å². The highest BCUT2D eigenvalue weighted by atomic mass is 33.1. The number of anilines is 1. The van der Waals surface area contributed by atoms with Crippen molar-refractivity contribution in [3.05, 3.63) is 29.8 Å². The van der Waals surface area contributed by atoms with E-state index in [0.29, 0.717) is 31.5 Å². The maximum Gasteiger partial charge on any atom is 0.250 e. The summed E-state index contributed by atoms with van der Waals surface area (Å²) in [6.45, 7) is 3.53. The van der Waals surface area contributed by atoms with Crippen LogP contribution < -0.4 is 16.4 Å². The number of carbonyl (C=O) groups is 7. The van der Waals surface area contributed by atoms with Crippen LogP contribution in [0.15, 0.2) is 24.3 Å². The Morgan fingerprint density at radius 1 is 0.868 bits per heavy atom. The van der Waals surface area contributed by atoms with Crippen LogP contribution in [0.5, 0.6) is 0 Å². The normalized spacial score (nSPS) is 12.2. The zero-order valence-corrected chi connectivity index (χ0v) is 23.2. The molecule has 0 saturated heterocycles. The minimum atomic E-state index is -1.19. The molecule has 0 spiro atoms. The molecule has 0 radical (unpaired) electrons. The van der Waals surface area contributed by atoms with Gasteiger partial charge < -0.3 is 21.1 Å². The smallest absolute Gasteiger partial charge is 0.250 e. The average molecular weight is 568 g/mol. The summed E-state index contributed by atoms with van der Waals surface area (Å²) in [7, 11) is 1.49. The first-order valence-corrected chi connectivity index (χ1v) is 14.1. The van der Waals surface area contributed by atoms with E-state index >= 15 is 0 Å². The molecule has 1 aromatic carbocycles. The highest BCUT2D eigenvalue weighted by molar-refractivity contribution is 8.77. The lowest BCUT2D eigenvalue weighted by Crippen LogP contribution is -2.33. The number of nitrogens with two attached hydrogens (primary N) is 1. The highest BCUT2D eigenvalue weighted by Crippen LogP contribution is 2.32. The van der Waals surface area contributed by atoms with E-state index in [1.807, 2.05) is 0 Å². The van der Waals surface area contributed by atoms with Gasteiger partial charge >= 0.3 is 0 Å². The molecule has 38 heavy (non-hydrogen) atoms. The summed E-state index contributed by atoms with van der Waals surface area (Å²) >= 11 is 0.